The lowest BCUT2D eigenvalue weighted by atomic mass is 10.1. The fraction of sp³-hybridized carbons (Fsp3) is 0.143. The van der Waals surface area contributed by atoms with Crippen LogP contribution in [-0.2, 0) is 13.5 Å². The van der Waals surface area contributed by atoms with Crippen molar-refractivity contribution < 1.29 is 4.79 Å². The molecule has 0 aliphatic carbocycles. The van der Waals surface area contributed by atoms with Gasteiger partial charge < -0.3 is 10.3 Å². The van der Waals surface area contributed by atoms with E-state index in [1.165, 1.54) is 19.2 Å². The summed E-state index contributed by atoms with van der Waals surface area (Å²) < 4.78 is 1.14. The number of nitrogens with zero attached hydrogens (tertiary/aromatic N) is 3. The monoisotopic (exact) mass is 373 g/mol. The van der Waals surface area contributed by atoms with Crippen LogP contribution in [0.5, 0.6) is 0 Å². The van der Waals surface area contributed by atoms with Gasteiger partial charge in [0.15, 0.2) is 0 Å². The normalized spacial score (nSPS) is 12.0. The van der Waals surface area contributed by atoms with Crippen LogP contribution >= 0.6 is 0 Å². The Hall–Kier alpha value is -3.74. The van der Waals surface area contributed by atoms with Crippen LogP contribution in [0.25, 0.3) is 11.0 Å². The minimum atomic E-state index is -0.374. The molecule has 1 unspecified atom stereocenters. The number of para-hydroxylation sites is 2. The molecule has 7 nitrogen and oxygen atoms in total. The van der Waals surface area contributed by atoms with Crippen molar-refractivity contribution in [2.45, 2.75) is 12.5 Å². The van der Waals surface area contributed by atoms with Gasteiger partial charge in [-0.05, 0) is 30.2 Å². The maximum Gasteiger partial charge on any atom is 0.272 e. The predicted octanol–water partition coefficient (Wildman–Crippen LogP) is 2.37. The number of imidazole rings is 1. The maximum atomic E-state index is 12.8. The van der Waals surface area contributed by atoms with Gasteiger partial charge in [0.25, 0.3) is 11.5 Å². The Labute approximate surface area is 161 Å². The zero-order valence-corrected chi connectivity index (χ0v) is 15.3. The maximum absolute atomic E-state index is 12.8. The predicted molar refractivity (Wildman–Crippen MR) is 106 cm³/mol. The Balaban J connectivity index is 1.66. The molecular formula is C21H19N5O2. The van der Waals surface area contributed by atoms with Gasteiger partial charge in [-0.25, -0.2) is 9.67 Å². The molecule has 1 amide bonds. The first kappa shape index (κ1) is 17.7. The van der Waals surface area contributed by atoms with E-state index in [4.69, 9.17) is 0 Å². The highest BCUT2D eigenvalue weighted by atomic mass is 16.2. The first-order valence-corrected chi connectivity index (χ1v) is 8.94. The van der Waals surface area contributed by atoms with E-state index >= 15 is 0 Å². The summed E-state index contributed by atoms with van der Waals surface area (Å²) in [6.07, 6.45) is 0.568. The molecule has 4 aromatic rings. The molecule has 0 aliphatic rings. The fourth-order valence-corrected chi connectivity index (χ4v) is 3.06. The van der Waals surface area contributed by atoms with E-state index in [9.17, 15) is 9.59 Å². The lowest BCUT2D eigenvalue weighted by Crippen LogP contribution is -2.33. The molecule has 140 valence electrons. The summed E-state index contributed by atoms with van der Waals surface area (Å²) in [4.78, 5) is 32.2. The molecule has 0 fully saturated rings. The van der Waals surface area contributed by atoms with E-state index in [0.29, 0.717) is 12.2 Å². The second-order valence-electron chi connectivity index (χ2n) is 6.54. The molecule has 0 saturated heterocycles. The Morgan fingerprint density at radius 2 is 1.82 bits per heavy atom. The highest BCUT2D eigenvalue weighted by molar-refractivity contribution is 5.92. The largest absolute Gasteiger partial charge is 0.340 e. The van der Waals surface area contributed by atoms with Crippen molar-refractivity contribution in [3.8, 4) is 0 Å². The summed E-state index contributed by atoms with van der Waals surface area (Å²) in [7, 11) is 1.51. The molecule has 2 N–H and O–H groups in total. The topological polar surface area (TPSA) is 92.7 Å². The summed E-state index contributed by atoms with van der Waals surface area (Å²) in [5.74, 6) is 0.306. The van der Waals surface area contributed by atoms with Crippen LogP contribution in [0.1, 0.15) is 27.9 Å². The zero-order chi connectivity index (χ0) is 19.5. The van der Waals surface area contributed by atoms with E-state index in [2.05, 4.69) is 20.4 Å². The molecule has 0 aliphatic heterocycles. The summed E-state index contributed by atoms with van der Waals surface area (Å²) in [6.45, 7) is 0. The molecule has 2 aromatic carbocycles. The van der Waals surface area contributed by atoms with Crippen LogP contribution in [0, 0.1) is 0 Å². The highest BCUT2D eigenvalue weighted by Gasteiger charge is 2.21. The van der Waals surface area contributed by atoms with Crippen molar-refractivity contribution in [2.24, 2.45) is 7.05 Å². The van der Waals surface area contributed by atoms with Crippen LogP contribution < -0.4 is 10.9 Å². The van der Waals surface area contributed by atoms with Gasteiger partial charge in [-0.1, -0.05) is 42.5 Å². The average Bonchev–Trinajstić information content (AvgIpc) is 3.14. The van der Waals surface area contributed by atoms with Crippen LogP contribution in [0.15, 0.2) is 71.5 Å². The van der Waals surface area contributed by atoms with Crippen LogP contribution in [0.2, 0.25) is 0 Å². The van der Waals surface area contributed by atoms with Crippen molar-refractivity contribution in [1.82, 2.24) is 25.1 Å². The van der Waals surface area contributed by atoms with Crippen molar-refractivity contribution in [2.75, 3.05) is 0 Å². The Bertz CT molecular complexity index is 1150. The molecule has 2 aromatic heterocycles. The minimum Gasteiger partial charge on any atom is -0.340 e. The molecule has 0 radical (unpaired) electrons. The quantitative estimate of drug-likeness (QED) is 0.562. The third-order valence-corrected chi connectivity index (χ3v) is 4.52. The number of nitrogens with one attached hydrogen (secondary N) is 2. The number of hydrogen-bond donors (Lipinski definition) is 2. The van der Waals surface area contributed by atoms with Gasteiger partial charge in [0.05, 0.1) is 17.1 Å². The standard InChI is InChI=1S/C21H19N5O2/c1-26-19(27)12-11-17(25-26)21(28)24-18(13-14-7-3-2-4-8-14)20-22-15-9-5-6-10-16(15)23-20/h2-12,18H,13H2,1H3,(H,22,23)(H,24,28). The van der Waals surface area contributed by atoms with E-state index in [-0.39, 0.29) is 23.2 Å². The number of fused-ring (bicyclic) bond motifs is 1. The van der Waals surface area contributed by atoms with Gasteiger partial charge in [0.2, 0.25) is 0 Å². The molecule has 28 heavy (non-hydrogen) atoms. The van der Waals surface area contributed by atoms with Gasteiger partial charge in [-0.3, -0.25) is 9.59 Å². The summed E-state index contributed by atoms with van der Waals surface area (Å²) in [5.41, 5.74) is 2.72. The highest BCUT2D eigenvalue weighted by Crippen LogP contribution is 2.20. The van der Waals surface area contributed by atoms with Gasteiger partial charge in [-0.2, -0.15) is 5.10 Å². The first-order valence-electron chi connectivity index (χ1n) is 8.94. The van der Waals surface area contributed by atoms with Gasteiger partial charge in [0, 0.05) is 13.1 Å². The van der Waals surface area contributed by atoms with Gasteiger partial charge in [-0.15, -0.1) is 0 Å². The number of H-pyrrole nitrogens is 1. The molecular weight excluding hydrogens is 354 g/mol. The average molecular weight is 373 g/mol. The van der Waals surface area contributed by atoms with Crippen molar-refractivity contribution in [3.63, 3.8) is 0 Å². The van der Waals surface area contributed by atoms with Crippen LogP contribution in [-0.4, -0.2) is 25.7 Å². The number of benzene rings is 2. The molecule has 0 saturated carbocycles. The van der Waals surface area contributed by atoms with Crippen molar-refractivity contribution >= 4 is 16.9 Å². The number of aromatic nitrogens is 4. The second-order valence-corrected chi connectivity index (χ2v) is 6.54. The van der Waals surface area contributed by atoms with E-state index in [1.807, 2.05) is 54.6 Å². The molecule has 2 heterocycles. The number of hydrogen-bond acceptors (Lipinski definition) is 4. The lowest BCUT2D eigenvalue weighted by molar-refractivity contribution is 0.0927. The number of rotatable bonds is 5. The van der Waals surface area contributed by atoms with Gasteiger partial charge in [0.1, 0.15) is 11.5 Å². The molecule has 0 bridgehead atoms. The summed E-state index contributed by atoms with van der Waals surface area (Å²) in [5, 5.41) is 7.03. The number of aromatic amines is 1. The third-order valence-electron chi connectivity index (χ3n) is 4.52. The van der Waals surface area contributed by atoms with Crippen molar-refractivity contribution in [3.05, 3.63) is 94.2 Å². The zero-order valence-electron chi connectivity index (χ0n) is 15.3. The van der Waals surface area contributed by atoms with Crippen LogP contribution in [0.4, 0.5) is 0 Å². The molecule has 1 atom stereocenters. The first-order chi connectivity index (χ1) is 13.6. The lowest BCUT2D eigenvalue weighted by Gasteiger charge is -2.17. The third kappa shape index (κ3) is 3.68. The molecule has 0 spiro atoms. The summed E-state index contributed by atoms with van der Waals surface area (Å²) >= 11 is 0. The molecule has 7 heteroatoms. The number of aryl methyl sites for hydroxylation is 1. The number of amides is 1. The van der Waals surface area contributed by atoms with Gasteiger partial charge >= 0.3 is 0 Å². The Morgan fingerprint density at radius 3 is 2.57 bits per heavy atom. The Morgan fingerprint density at radius 1 is 1.07 bits per heavy atom. The van der Waals surface area contributed by atoms with Crippen molar-refractivity contribution in [1.29, 1.82) is 0 Å². The number of carbonyl (C=O) groups is 1. The summed E-state index contributed by atoms with van der Waals surface area (Å²) in [6, 6.07) is 20.0. The van der Waals surface area contributed by atoms with E-state index in [0.717, 1.165) is 21.3 Å². The van der Waals surface area contributed by atoms with E-state index in [1.54, 1.807) is 0 Å². The smallest absolute Gasteiger partial charge is 0.272 e. The van der Waals surface area contributed by atoms with E-state index < -0.39 is 0 Å². The van der Waals surface area contributed by atoms with Crippen LogP contribution in [0.3, 0.4) is 0 Å². The minimum absolute atomic E-state index is 0.177. The fourth-order valence-electron chi connectivity index (χ4n) is 3.06. The Kier molecular flexibility index (Phi) is 4.72. The SMILES string of the molecule is Cn1nc(C(=O)NC(Cc2ccccc2)c2nc3ccccc3[nH]2)ccc1=O. The number of carbonyl (C=O) groups excluding carboxylic acids is 1. The second kappa shape index (κ2) is 7.48. The molecule has 4 rings (SSSR count).